The number of hydrogen-bond acceptors (Lipinski definition) is 8. The lowest BCUT2D eigenvalue weighted by atomic mass is 9.95. The number of carbonyl (C=O) groups is 2. The number of carbonyl (C=O) groups excluding carboxylic acids is 2. The molecule has 2 fully saturated rings. The zero-order valence-electron chi connectivity index (χ0n) is 25.9. The third kappa shape index (κ3) is 8.25. The molecule has 0 spiro atoms. The highest BCUT2D eigenvalue weighted by Gasteiger charge is 2.37. The van der Waals surface area contributed by atoms with Crippen LogP contribution in [-0.4, -0.2) is 63.7 Å². The van der Waals surface area contributed by atoms with Crippen molar-refractivity contribution in [2.45, 2.75) is 59.4 Å². The van der Waals surface area contributed by atoms with Gasteiger partial charge < -0.3 is 21.2 Å². The minimum absolute atomic E-state index is 0.234. The standard InChI is InChI=1S/C24H33N7O.C8H13NO/c1-8-16(4)21(18-11-29-31(7)14-18)13-28-23(15(2)3)20(10-25)24(32)30-22-9-19(26-6)12-27-17(22)5;10-4-3-9-6-7-1-2-8(9)5-7/h9-14,16,26H,2,8,25H2,1,3-7H3,(H,30,32);4,7-8H,1-3,5-6H2/b20-10+,21-13+,28-23-;. The maximum absolute atomic E-state index is 13.1. The van der Waals surface area contributed by atoms with E-state index < -0.39 is 0 Å². The number of pyridine rings is 1. The molecule has 2 aliphatic rings. The monoisotopic (exact) mass is 574 g/mol. The van der Waals surface area contributed by atoms with Crippen LogP contribution in [0.3, 0.4) is 0 Å². The van der Waals surface area contributed by atoms with E-state index in [9.17, 15) is 9.59 Å². The number of nitrogens with two attached hydrogens (primary N) is 1. The number of nitrogens with one attached hydrogen (secondary N) is 2. The Hall–Kier alpha value is -4.05. The molecule has 1 aliphatic heterocycles. The van der Waals surface area contributed by atoms with Gasteiger partial charge in [0.1, 0.15) is 6.29 Å². The van der Waals surface area contributed by atoms with Crippen LogP contribution < -0.4 is 16.4 Å². The van der Waals surface area contributed by atoms with Crippen molar-refractivity contribution in [1.82, 2.24) is 19.7 Å². The summed E-state index contributed by atoms with van der Waals surface area (Å²) in [7, 11) is 3.66. The van der Waals surface area contributed by atoms with E-state index in [-0.39, 0.29) is 17.4 Å². The van der Waals surface area contributed by atoms with Gasteiger partial charge in [-0.25, -0.2) is 0 Å². The molecule has 2 aromatic rings. The van der Waals surface area contributed by atoms with E-state index in [0.717, 1.165) is 41.5 Å². The summed E-state index contributed by atoms with van der Waals surface area (Å²) in [4.78, 5) is 34.6. The van der Waals surface area contributed by atoms with Gasteiger partial charge in [0.05, 0.1) is 47.3 Å². The molecule has 10 heteroatoms. The highest BCUT2D eigenvalue weighted by Crippen LogP contribution is 2.36. The third-order valence-corrected chi connectivity index (χ3v) is 8.04. The van der Waals surface area contributed by atoms with Gasteiger partial charge in [0.25, 0.3) is 5.91 Å². The van der Waals surface area contributed by atoms with E-state index in [1.807, 2.05) is 32.4 Å². The van der Waals surface area contributed by atoms with Crippen molar-refractivity contribution in [3.8, 4) is 0 Å². The van der Waals surface area contributed by atoms with E-state index in [1.165, 1.54) is 32.0 Å². The molecular weight excluding hydrogens is 528 g/mol. The van der Waals surface area contributed by atoms with Crippen LogP contribution in [0.15, 0.2) is 59.8 Å². The second kappa shape index (κ2) is 15.3. The summed E-state index contributed by atoms with van der Waals surface area (Å²) < 4.78 is 1.75. The second-order valence-corrected chi connectivity index (χ2v) is 11.1. The summed E-state index contributed by atoms with van der Waals surface area (Å²) in [5, 5.41) is 10.2. The van der Waals surface area contributed by atoms with Crippen LogP contribution in [0.2, 0.25) is 0 Å². The molecular formula is C32H46N8O2. The van der Waals surface area contributed by atoms with Crippen LogP contribution in [0.4, 0.5) is 11.4 Å². The van der Waals surface area contributed by atoms with Crippen molar-refractivity contribution < 1.29 is 9.59 Å². The van der Waals surface area contributed by atoms with Crippen molar-refractivity contribution >= 4 is 34.9 Å². The number of allylic oxidation sites excluding steroid dienone is 2. The predicted molar refractivity (Wildman–Crippen MR) is 171 cm³/mol. The number of piperidine rings is 1. The summed E-state index contributed by atoms with van der Waals surface area (Å²) in [5.41, 5.74) is 11.2. The average molecular weight is 575 g/mol. The summed E-state index contributed by atoms with van der Waals surface area (Å²) in [6.07, 6.45) is 14.6. The Bertz CT molecular complexity index is 1360. The quantitative estimate of drug-likeness (QED) is 0.201. The summed E-state index contributed by atoms with van der Waals surface area (Å²) >= 11 is 0. The lowest BCUT2D eigenvalue weighted by Gasteiger charge is -2.23. The van der Waals surface area contributed by atoms with E-state index >= 15 is 0 Å². The normalized spacial score (nSPS) is 19.6. The van der Waals surface area contributed by atoms with E-state index in [1.54, 1.807) is 31.1 Å². The van der Waals surface area contributed by atoms with Crippen molar-refractivity contribution in [3.63, 3.8) is 0 Å². The topological polar surface area (TPSA) is 131 Å². The molecule has 226 valence electrons. The number of amides is 1. The molecule has 1 saturated carbocycles. The van der Waals surface area contributed by atoms with Crippen molar-refractivity contribution in [2.24, 2.45) is 29.6 Å². The Morgan fingerprint density at radius 1 is 1.33 bits per heavy atom. The first-order valence-corrected chi connectivity index (χ1v) is 14.6. The van der Waals surface area contributed by atoms with Crippen molar-refractivity contribution in [1.29, 1.82) is 0 Å². The van der Waals surface area contributed by atoms with Gasteiger partial charge in [0.15, 0.2) is 0 Å². The molecule has 3 heterocycles. The second-order valence-electron chi connectivity index (χ2n) is 11.1. The number of aromatic nitrogens is 3. The number of aryl methyl sites for hydroxylation is 2. The van der Waals surface area contributed by atoms with E-state index in [0.29, 0.717) is 29.2 Å². The summed E-state index contributed by atoms with van der Waals surface area (Å²) in [5.74, 6) is 0.795. The first-order chi connectivity index (χ1) is 20.1. The number of anilines is 2. The van der Waals surface area contributed by atoms with Crippen LogP contribution >= 0.6 is 0 Å². The minimum atomic E-state index is -0.382. The van der Waals surface area contributed by atoms with Gasteiger partial charge in [-0.2, -0.15) is 5.10 Å². The maximum Gasteiger partial charge on any atom is 0.259 e. The molecule has 3 unspecified atom stereocenters. The minimum Gasteiger partial charge on any atom is -0.404 e. The Morgan fingerprint density at radius 3 is 2.62 bits per heavy atom. The van der Waals surface area contributed by atoms with Gasteiger partial charge in [-0.3, -0.25) is 24.4 Å². The Labute approximate surface area is 249 Å². The number of fused-ring (bicyclic) bond motifs is 2. The van der Waals surface area contributed by atoms with Crippen LogP contribution in [0.5, 0.6) is 0 Å². The molecule has 4 N–H and O–H groups in total. The molecule has 10 nitrogen and oxygen atoms in total. The first kappa shape index (κ1) is 32.5. The SMILES string of the molecule is C=C(C)C(=N/C=C(/c1cnn(C)c1)C(C)CC)/C(=C\N)C(=O)Nc1cc(NC)cnc1C.O=CCN1CC2CCC1C2. The zero-order chi connectivity index (χ0) is 30.8. The van der Waals surface area contributed by atoms with Gasteiger partial charge in [0, 0.05) is 50.8 Å². The van der Waals surface area contributed by atoms with Crippen molar-refractivity contribution in [2.75, 3.05) is 30.8 Å². The molecule has 42 heavy (non-hydrogen) atoms. The molecule has 4 rings (SSSR count). The highest BCUT2D eigenvalue weighted by molar-refractivity contribution is 6.30. The van der Waals surface area contributed by atoms with Gasteiger partial charge in [-0.15, -0.1) is 0 Å². The fourth-order valence-corrected chi connectivity index (χ4v) is 5.41. The third-order valence-electron chi connectivity index (χ3n) is 8.04. The molecule has 1 amide bonds. The Kier molecular flexibility index (Phi) is 11.8. The lowest BCUT2D eigenvalue weighted by molar-refractivity contribution is -0.112. The molecule has 1 saturated heterocycles. The fourth-order valence-electron chi connectivity index (χ4n) is 5.41. The summed E-state index contributed by atoms with van der Waals surface area (Å²) in [6.45, 7) is 13.7. The molecule has 2 bridgehead atoms. The Morgan fingerprint density at radius 2 is 2.10 bits per heavy atom. The molecule has 2 aromatic heterocycles. The number of aliphatic imine (C=N–C) groups is 1. The van der Waals surface area contributed by atoms with Gasteiger partial charge in [-0.1, -0.05) is 20.4 Å². The van der Waals surface area contributed by atoms with Crippen LogP contribution in [0, 0.1) is 18.8 Å². The number of hydrogen-bond donors (Lipinski definition) is 3. The maximum atomic E-state index is 13.1. The molecule has 3 atom stereocenters. The number of nitrogens with zero attached hydrogens (tertiary/aromatic N) is 5. The van der Waals surface area contributed by atoms with Crippen molar-refractivity contribution in [3.05, 3.63) is 66.0 Å². The zero-order valence-corrected chi connectivity index (χ0v) is 25.9. The lowest BCUT2D eigenvalue weighted by Crippen LogP contribution is -2.33. The highest BCUT2D eigenvalue weighted by atomic mass is 16.1. The van der Waals surface area contributed by atoms with Gasteiger partial charge in [-0.05, 0) is 68.6 Å². The predicted octanol–water partition coefficient (Wildman–Crippen LogP) is 4.72. The van der Waals surface area contributed by atoms with Crippen LogP contribution in [-0.2, 0) is 16.6 Å². The first-order valence-electron chi connectivity index (χ1n) is 14.6. The average Bonchev–Trinajstić information content (AvgIpc) is 3.72. The van der Waals surface area contributed by atoms with Gasteiger partial charge in [0.2, 0.25) is 0 Å². The smallest absolute Gasteiger partial charge is 0.259 e. The van der Waals surface area contributed by atoms with E-state index in [4.69, 9.17) is 5.73 Å². The van der Waals surface area contributed by atoms with Crippen LogP contribution in [0.1, 0.15) is 57.7 Å². The number of likely N-dealkylation sites (tertiary alicyclic amines) is 1. The largest absolute Gasteiger partial charge is 0.404 e. The molecule has 0 radical (unpaired) electrons. The summed E-state index contributed by atoms with van der Waals surface area (Å²) in [6, 6.07) is 2.57. The van der Waals surface area contributed by atoms with E-state index in [2.05, 4.69) is 51.0 Å². The number of rotatable bonds is 11. The number of aldehydes is 1. The fraction of sp³-hybridized carbons (Fsp3) is 0.469. The Balaban J connectivity index is 0.000000401. The molecule has 1 aliphatic carbocycles. The van der Waals surface area contributed by atoms with Gasteiger partial charge >= 0.3 is 0 Å². The van der Waals surface area contributed by atoms with Crippen LogP contribution in [0.25, 0.3) is 5.57 Å². The molecule has 0 aromatic carbocycles.